The van der Waals surface area contributed by atoms with Crippen molar-refractivity contribution in [2.45, 2.75) is 25.3 Å². The Morgan fingerprint density at radius 3 is 2.62 bits per heavy atom. The number of benzene rings is 2. The molecule has 0 amide bonds. The molecule has 0 spiro atoms. The van der Waals surface area contributed by atoms with Gasteiger partial charge in [-0.2, -0.15) is 0 Å². The molecule has 0 saturated carbocycles. The number of carboxylic acids is 1. The molecule has 3 nitrogen and oxygen atoms in total. The highest BCUT2D eigenvalue weighted by Crippen LogP contribution is 2.40. The molecule has 108 valence electrons. The minimum atomic E-state index is -1.18. The van der Waals surface area contributed by atoms with Gasteiger partial charge in [0.1, 0.15) is 5.82 Å². The number of hydrogen-bond donors (Lipinski definition) is 2. The second-order valence-electron chi connectivity index (χ2n) is 5.50. The smallest absolute Gasteiger partial charge is 0.334 e. The molecular weight excluding hydrogens is 269 g/mol. The van der Waals surface area contributed by atoms with Crippen molar-refractivity contribution < 1.29 is 14.3 Å². The highest BCUT2D eigenvalue weighted by molar-refractivity contribution is 5.86. The van der Waals surface area contributed by atoms with Crippen LogP contribution >= 0.6 is 0 Å². The van der Waals surface area contributed by atoms with Gasteiger partial charge in [-0.3, -0.25) is 0 Å². The van der Waals surface area contributed by atoms with Gasteiger partial charge in [0, 0.05) is 5.69 Å². The standard InChI is InChI=1S/C17H16FNO2/c1-11-2-5-14(6-3-11)19-17(16(20)21)9-8-12-10-13(18)4-7-15(12)17/h2-7,10,19H,8-9H2,1H3,(H,20,21). The molecule has 4 heteroatoms. The van der Waals surface area contributed by atoms with Gasteiger partial charge >= 0.3 is 5.97 Å². The van der Waals surface area contributed by atoms with Crippen LogP contribution in [0.2, 0.25) is 0 Å². The normalized spacial score (nSPS) is 20.1. The van der Waals surface area contributed by atoms with Gasteiger partial charge in [-0.25, -0.2) is 9.18 Å². The van der Waals surface area contributed by atoms with Gasteiger partial charge in [0.2, 0.25) is 0 Å². The Morgan fingerprint density at radius 1 is 1.24 bits per heavy atom. The Morgan fingerprint density at radius 2 is 1.95 bits per heavy atom. The number of rotatable bonds is 3. The number of halogens is 1. The van der Waals surface area contributed by atoms with Crippen LogP contribution in [-0.4, -0.2) is 11.1 Å². The molecule has 0 saturated heterocycles. The number of nitrogens with one attached hydrogen (secondary N) is 1. The summed E-state index contributed by atoms with van der Waals surface area (Å²) in [5.74, 6) is -1.27. The van der Waals surface area contributed by atoms with Crippen LogP contribution in [0.25, 0.3) is 0 Å². The first-order valence-corrected chi connectivity index (χ1v) is 6.88. The van der Waals surface area contributed by atoms with Crippen molar-refractivity contribution in [3.05, 3.63) is 65.0 Å². The van der Waals surface area contributed by atoms with E-state index in [1.165, 1.54) is 12.1 Å². The molecule has 2 aromatic carbocycles. The SMILES string of the molecule is Cc1ccc(NC2(C(=O)O)CCc3cc(F)ccc32)cc1. The second kappa shape index (κ2) is 4.88. The minimum Gasteiger partial charge on any atom is -0.479 e. The Bertz CT molecular complexity index is 696. The van der Waals surface area contributed by atoms with Crippen LogP contribution in [0.1, 0.15) is 23.1 Å². The lowest BCUT2D eigenvalue weighted by atomic mass is 9.91. The zero-order chi connectivity index (χ0) is 15.0. The van der Waals surface area contributed by atoms with Crippen LogP contribution in [0.4, 0.5) is 10.1 Å². The van der Waals surface area contributed by atoms with Gasteiger partial charge in [-0.1, -0.05) is 23.8 Å². The quantitative estimate of drug-likeness (QED) is 0.907. The topological polar surface area (TPSA) is 49.3 Å². The van der Waals surface area contributed by atoms with E-state index in [9.17, 15) is 14.3 Å². The van der Waals surface area contributed by atoms with Crippen LogP contribution in [0.3, 0.4) is 0 Å². The number of fused-ring (bicyclic) bond motifs is 1. The van der Waals surface area contributed by atoms with Crippen molar-refractivity contribution in [1.29, 1.82) is 0 Å². The Balaban J connectivity index is 2.03. The fourth-order valence-electron chi connectivity index (χ4n) is 2.93. The minimum absolute atomic E-state index is 0.328. The van der Waals surface area contributed by atoms with E-state index in [4.69, 9.17) is 0 Å². The van der Waals surface area contributed by atoms with E-state index >= 15 is 0 Å². The van der Waals surface area contributed by atoms with E-state index in [0.29, 0.717) is 18.4 Å². The molecule has 0 bridgehead atoms. The van der Waals surface area contributed by atoms with Gasteiger partial charge in [-0.05, 0) is 55.2 Å². The number of carbonyl (C=O) groups is 1. The summed E-state index contributed by atoms with van der Waals surface area (Å²) >= 11 is 0. The highest BCUT2D eigenvalue weighted by Gasteiger charge is 2.45. The molecule has 3 rings (SSSR count). The van der Waals surface area contributed by atoms with Crippen LogP contribution < -0.4 is 5.32 Å². The maximum Gasteiger partial charge on any atom is 0.334 e. The maximum atomic E-state index is 13.3. The number of carboxylic acid groups (broad SMARTS) is 1. The first-order chi connectivity index (χ1) is 10.0. The lowest BCUT2D eigenvalue weighted by Crippen LogP contribution is -2.41. The van der Waals surface area contributed by atoms with Gasteiger partial charge in [0.05, 0.1) is 0 Å². The molecule has 0 aromatic heterocycles. The summed E-state index contributed by atoms with van der Waals surface area (Å²) in [4.78, 5) is 11.9. The number of hydrogen-bond acceptors (Lipinski definition) is 2. The van der Waals surface area contributed by atoms with Gasteiger partial charge < -0.3 is 10.4 Å². The zero-order valence-electron chi connectivity index (χ0n) is 11.7. The monoisotopic (exact) mass is 285 g/mol. The van der Waals surface area contributed by atoms with Crippen molar-refractivity contribution in [2.75, 3.05) is 5.32 Å². The Hall–Kier alpha value is -2.36. The Kier molecular flexibility index (Phi) is 3.16. The molecule has 0 aliphatic heterocycles. The van der Waals surface area contributed by atoms with Gasteiger partial charge in [0.15, 0.2) is 5.54 Å². The molecule has 1 unspecified atom stereocenters. The summed E-state index contributed by atoms with van der Waals surface area (Å²) < 4.78 is 13.3. The molecule has 2 aromatic rings. The molecule has 0 fully saturated rings. The van der Waals surface area contributed by atoms with E-state index in [1.807, 2.05) is 31.2 Å². The van der Waals surface area contributed by atoms with Crippen molar-refractivity contribution >= 4 is 11.7 Å². The van der Waals surface area contributed by atoms with Crippen molar-refractivity contribution in [1.82, 2.24) is 0 Å². The molecule has 0 heterocycles. The van der Waals surface area contributed by atoms with Crippen molar-refractivity contribution in [2.24, 2.45) is 0 Å². The second-order valence-corrected chi connectivity index (χ2v) is 5.50. The molecule has 21 heavy (non-hydrogen) atoms. The summed E-state index contributed by atoms with van der Waals surface area (Å²) in [6.07, 6.45) is 0.966. The fraction of sp³-hybridized carbons (Fsp3) is 0.235. The van der Waals surface area contributed by atoms with Gasteiger partial charge in [0.25, 0.3) is 0 Å². The first kappa shape index (κ1) is 13.6. The molecular formula is C17H16FNO2. The number of aliphatic carboxylic acids is 1. The molecule has 1 atom stereocenters. The van der Waals surface area contributed by atoms with E-state index in [0.717, 1.165) is 16.8 Å². The molecule has 0 radical (unpaired) electrons. The molecule has 2 N–H and O–H groups in total. The molecule has 1 aliphatic rings. The predicted octanol–water partition coefficient (Wildman–Crippen LogP) is 3.47. The van der Waals surface area contributed by atoms with Gasteiger partial charge in [-0.15, -0.1) is 0 Å². The van der Waals surface area contributed by atoms with E-state index in [2.05, 4.69) is 5.32 Å². The summed E-state index contributed by atoms with van der Waals surface area (Å²) in [5.41, 5.74) is 2.09. The zero-order valence-corrected chi connectivity index (χ0v) is 11.7. The third-order valence-electron chi connectivity index (χ3n) is 4.07. The molecule has 1 aliphatic carbocycles. The van der Waals surface area contributed by atoms with Crippen LogP contribution in [0, 0.1) is 12.7 Å². The average Bonchev–Trinajstić information content (AvgIpc) is 2.81. The van der Waals surface area contributed by atoms with Crippen molar-refractivity contribution in [3.63, 3.8) is 0 Å². The number of aryl methyl sites for hydroxylation is 2. The lowest BCUT2D eigenvalue weighted by Gasteiger charge is -2.28. The van der Waals surface area contributed by atoms with Crippen LogP contribution in [0.5, 0.6) is 0 Å². The predicted molar refractivity (Wildman–Crippen MR) is 78.8 cm³/mol. The number of anilines is 1. The maximum absolute atomic E-state index is 13.3. The Labute approximate surface area is 122 Å². The van der Waals surface area contributed by atoms with E-state index in [-0.39, 0.29) is 5.82 Å². The summed E-state index contributed by atoms with van der Waals surface area (Å²) in [5, 5.41) is 12.9. The first-order valence-electron chi connectivity index (χ1n) is 6.88. The van der Waals surface area contributed by atoms with Crippen molar-refractivity contribution in [3.8, 4) is 0 Å². The largest absolute Gasteiger partial charge is 0.479 e. The fourth-order valence-corrected chi connectivity index (χ4v) is 2.93. The van der Waals surface area contributed by atoms with E-state index in [1.54, 1.807) is 6.07 Å². The summed E-state index contributed by atoms with van der Waals surface area (Å²) in [7, 11) is 0. The summed E-state index contributed by atoms with van der Waals surface area (Å²) in [6, 6.07) is 11.9. The summed E-state index contributed by atoms with van der Waals surface area (Å²) in [6.45, 7) is 1.98. The van der Waals surface area contributed by atoms with Crippen LogP contribution in [0.15, 0.2) is 42.5 Å². The van der Waals surface area contributed by atoms with Crippen LogP contribution in [-0.2, 0) is 16.8 Å². The lowest BCUT2D eigenvalue weighted by molar-refractivity contribution is -0.142. The third-order valence-corrected chi connectivity index (χ3v) is 4.07. The average molecular weight is 285 g/mol. The van der Waals surface area contributed by atoms with E-state index < -0.39 is 11.5 Å². The highest BCUT2D eigenvalue weighted by atomic mass is 19.1. The third kappa shape index (κ3) is 2.27.